The normalized spacial score (nSPS) is 14.8. The van der Waals surface area contributed by atoms with Crippen LogP contribution >= 0.6 is 0 Å². The fourth-order valence-corrected chi connectivity index (χ4v) is 4.30. The molecule has 0 atom stereocenters. The van der Waals surface area contributed by atoms with E-state index < -0.39 is 6.09 Å². The smallest absolute Gasteiger partial charge is 0.390 e. The second-order valence-electron chi connectivity index (χ2n) is 8.47. The third-order valence-electron chi connectivity index (χ3n) is 6.49. The number of amides is 1. The van der Waals surface area contributed by atoms with Crippen molar-refractivity contribution >= 4 is 11.7 Å². The van der Waals surface area contributed by atoms with E-state index in [2.05, 4.69) is 29.4 Å². The van der Waals surface area contributed by atoms with Gasteiger partial charge in [-0.15, -0.1) is 5.10 Å². The van der Waals surface area contributed by atoms with Crippen molar-refractivity contribution in [3.63, 3.8) is 0 Å². The maximum atomic E-state index is 11.4. The van der Waals surface area contributed by atoms with Crippen LogP contribution in [0.3, 0.4) is 0 Å². The number of primary amides is 1. The Morgan fingerprint density at radius 3 is 2.28 bits per heavy atom. The van der Waals surface area contributed by atoms with Gasteiger partial charge in [-0.05, 0) is 38.7 Å². The highest BCUT2D eigenvalue weighted by atomic mass is 16.6. The van der Waals surface area contributed by atoms with Crippen LogP contribution in [0.5, 0.6) is 5.88 Å². The predicted octanol–water partition coefficient (Wildman–Crippen LogP) is 4.48. The van der Waals surface area contributed by atoms with E-state index in [1.807, 2.05) is 44.2 Å². The summed E-state index contributed by atoms with van der Waals surface area (Å²) >= 11 is 0. The van der Waals surface area contributed by atoms with Gasteiger partial charge in [-0.25, -0.2) is 14.3 Å². The zero-order valence-electron chi connectivity index (χ0n) is 18.1. The van der Waals surface area contributed by atoms with Crippen molar-refractivity contribution in [2.24, 2.45) is 11.5 Å². The molecular weight excluding hydrogens is 402 g/mol. The molecule has 4 N–H and O–H groups in total. The lowest BCUT2D eigenvalue weighted by Gasteiger charge is -2.38. The van der Waals surface area contributed by atoms with Gasteiger partial charge in [0.05, 0.1) is 5.69 Å². The molecule has 7 heteroatoms. The van der Waals surface area contributed by atoms with E-state index in [0.717, 1.165) is 52.0 Å². The third-order valence-corrected chi connectivity index (χ3v) is 6.49. The molecule has 2 aromatic carbocycles. The summed E-state index contributed by atoms with van der Waals surface area (Å²) in [7, 11) is 0. The Labute approximate surface area is 186 Å². The van der Waals surface area contributed by atoms with Crippen LogP contribution in [0.2, 0.25) is 0 Å². The summed E-state index contributed by atoms with van der Waals surface area (Å²) in [5, 5.41) is 4.59. The first kappa shape index (κ1) is 20.2. The molecule has 0 aliphatic heterocycles. The quantitative estimate of drug-likeness (QED) is 0.499. The number of carbonyl (C=O) groups is 1. The highest BCUT2D eigenvalue weighted by Gasteiger charge is 2.34. The van der Waals surface area contributed by atoms with Crippen molar-refractivity contribution in [2.45, 2.75) is 38.6 Å². The van der Waals surface area contributed by atoms with E-state index in [0.29, 0.717) is 5.65 Å². The lowest BCUT2D eigenvalue weighted by molar-refractivity contribution is 0.208. The Kier molecular flexibility index (Phi) is 4.71. The molecule has 0 unspecified atom stereocenters. The molecule has 5 rings (SSSR count). The minimum Gasteiger partial charge on any atom is -0.390 e. The van der Waals surface area contributed by atoms with Gasteiger partial charge in [0, 0.05) is 27.8 Å². The van der Waals surface area contributed by atoms with Crippen LogP contribution in [-0.2, 0) is 5.54 Å². The second-order valence-corrected chi connectivity index (χ2v) is 8.47. The van der Waals surface area contributed by atoms with Gasteiger partial charge in [-0.2, -0.15) is 0 Å². The van der Waals surface area contributed by atoms with Gasteiger partial charge in [0.1, 0.15) is 5.69 Å². The lowest BCUT2D eigenvalue weighted by atomic mass is 9.72. The summed E-state index contributed by atoms with van der Waals surface area (Å²) in [6.07, 6.45) is 2.30. The first-order valence-electron chi connectivity index (χ1n) is 10.7. The molecular formula is C25H25N5O2. The first-order valence-corrected chi connectivity index (χ1v) is 10.7. The first-order chi connectivity index (χ1) is 15.4. The van der Waals surface area contributed by atoms with Gasteiger partial charge in [-0.1, -0.05) is 54.6 Å². The van der Waals surface area contributed by atoms with Crippen molar-refractivity contribution in [3.8, 4) is 28.4 Å². The molecule has 1 amide bonds. The molecule has 1 aliphatic rings. The predicted molar refractivity (Wildman–Crippen MR) is 123 cm³/mol. The zero-order chi connectivity index (χ0) is 22.5. The van der Waals surface area contributed by atoms with Gasteiger partial charge in [-0.3, -0.25) is 0 Å². The van der Waals surface area contributed by atoms with Crippen molar-refractivity contribution < 1.29 is 9.53 Å². The van der Waals surface area contributed by atoms with E-state index in [1.165, 1.54) is 6.42 Å². The molecule has 4 aromatic rings. The molecule has 1 saturated carbocycles. The van der Waals surface area contributed by atoms with Crippen LogP contribution in [-0.4, -0.2) is 20.7 Å². The standard InChI is InChI=1S/C25H25N5O2/c1-15-16(2)23(32-24(26)31)29-30-21(18-7-4-3-5-8-18)20(28-22(15)30)17-9-11-19(12-10-17)25(27)13-6-14-25/h3-5,7-12H,6,13-14,27H2,1-2H3,(H2,26,31). The lowest BCUT2D eigenvalue weighted by Crippen LogP contribution is -2.43. The van der Waals surface area contributed by atoms with Crippen LogP contribution in [0.15, 0.2) is 54.6 Å². The molecule has 1 aliphatic carbocycles. The number of hydrogen-bond acceptors (Lipinski definition) is 5. The number of benzene rings is 2. The highest BCUT2D eigenvalue weighted by molar-refractivity contribution is 5.83. The minimum absolute atomic E-state index is 0.175. The summed E-state index contributed by atoms with van der Waals surface area (Å²) in [5.41, 5.74) is 18.5. The summed E-state index contributed by atoms with van der Waals surface area (Å²) in [6, 6.07) is 18.3. The summed E-state index contributed by atoms with van der Waals surface area (Å²) in [6.45, 7) is 3.77. The molecule has 0 radical (unpaired) electrons. The Morgan fingerprint density at radius 1 is 1.00 bits per heavy atom. The van der Waals surface area contributed by atoms with E-state index in [9.17, 15) is 4.79 Å². The Hall–Kier alpha value is -3.71. The molecule has 1 fully saturated rings. The summed E-state index contributed by atoms with van der Waals surface area (Å²) < 4.78 is 6.91. The minimum atomic E-state index is -0.900. The van der Waals surface area contributed by atoms with Crippen LogP contribution in [0, 0.1) is 13.8 Å². The van der Waals surface area contributed by atoms with Gasteiger partial charge in [0.25, 0.3) is 0 Å². The number of fused-ring (bicyclic) bond motifs is 1. The monoisotopic (exact) mass is 427 g/mol. The largest absolute Gasteiger partial charge is 0.411 e. The van der Waals surface area contributed by atoms with Crippen molar-refractivity contribution in [3.05, 3.63) is 71.3 Å². The van der Waals surface area contributed by atoms with E-state index in [4.69, 9.17) is 21.2 Å². The molecule has 162 valence electrons. The Morgan fingerprint density at radius 2 is 1.69 bits per heavy atom. The van der Waals surface area contributed by atoms with Gasteiger partial charge < -0.3 is 16.2 Å². The average Bonchev–Trinajstić information content (AvgIpc) is 3.15. The van der Waals surface area contributed by atoms with Crippen LogP contribution in [0.25, 0.3) is 28.2 Å². The number of nitrogens with zero attached hydrogens (tertiary/aromatic N) is 3. The molecule has 0 saturated heterocycles. The second kappa shape index (κ2) is 7.46. The number of nitrogens with two attached hydrogens (primary N) is 2. The maximum absolute atomic E-state index is 11.4. The van der Waals surface area contributed by atoms with E-state index >= 15 is 0 Å². The van der Waals surface area contributed by atoms with E-state index in [-0.39, 0.29) is 11.4 Å². The van der Waals surface area contributed by atoms with Gasteiger partial charge in [0.2, 0.25) is 5.88 Å². The highest BCUT2D eigenvalue weighted by Crippen LogP contribution is 2.40. The molecule has 2 aromatic heterocycles. The fourth-order valence-electron chi connectivity index (χ4n) is 4.30. The Bertz CT molecular complexity index is 1320. The number of ether oxygens (including phenoxy) is 1. The average molecular weight is 428 g/mol. The summed E-state index contributed by atoms with van der Waals surface area (Å²) in [5.74, 6) is 0.175. The third kappa shape index (κ3) is 3.22. The number of carbonyl (C=O) groups excluding carboxylic acids is 1. The zero-order valence-corrected chi connectivity index (χ0v) is 18.1. The molecule has 32 heavy (non-hydrogen) atoms. The molecule has 7 nitrogen and oxygen atoms in total. The maximum Gasteiger partial charge on any atom is 0.411 e. The van der Waals surface area contributed by atoms with Crippen molar-refractivity contribution in [1.82, 2.24) is 14.6 Å². The number of hydrogen-bond donors (Lipinski definition) is 2. The number of rotatable bonds is 4. The van der Waals surface area contributed by atoms with Crippen molar-refractivity contribution in [2.75, 3.05) is 0 Å². The summed E-state index contributed by atoms with van der Waals surface area (Å²) in [4.78, 5) is 16.4. The number of aromatic nitrogens is 3. The van der Waals surface area contributed by atoms with Crippen LogP contribution < -0.4 is 16.2 Å². The fraction of sp³-hybridized carbons (Fsp3) is 0.240. The van der Waals surface area contributed by atoms with Crippen molar-refractivity contribution in [1.29, 1.82) is 0 Å². The molecule has 0 bridgehead atoms. The van der Waals surface area contributed by atoms with Crippen LogP contribution in [0.4, 0.5) is 4.79 Å². The van der Waals surface area contributed by atoms with Crippen LogP contribution in [0.1, 0.15) is 36.0 Å². The van der Waals surface area contributed by atoms with E-state index in [1.54, 1.807) is 4.52 Å². The SMILES string of the molecule is Cc1c(OC(N)=O)nn2c(-c3ccccc3)c(-c3ccc(C4(N)CCC4)cc3)nc2c1C. The van der Waals surface area contributed by atoms with Gasteiger partial charge >= 0.3 is 6.09 Å². The Balaban J connectivity index is 1.73. The number of aryl methyl sites for hydroxylation is 1. The molecule has 2 heterocycles. The number of imidazole rings is 1. The topological polar surface area (TPSA) is 109 Å². The molecule has 0 spiro atoms. The van der Waals surface area contributed by atoms with Gasteiger partial charge in [0.15, 0.2) is 5.65 Å².